The minimum absolute atomic E-state index is 0.343. The summed E-state index contributed by atoms with van der Waals surface area (Å²) in [5.41, 5.74) is 0.456. The first-order chi connectivity index (χ1) is 8.13. The molecule has 0 aromatic carbocycles. The maximum absolute atomic E-state index is 11.5. The number of carbonyl (C=O) groups is 1. The summed E-state index contributed by atoms with van der Waals surface area (Å²) in [6.07, 6.45) is 5.04. The highest BCUT2D eigenvalue weighted by molar-refractivity contribution is 7.15. The van der Waals surface area contributed by atoms with Crippen LogP contribution in [0.25, 0.3) is 0 Å². The molecule has 0 aliphatic heterocycles. The fourth-order valence-corrected chi connectivity index (χ4v) is 3.20. The lowest BCUT2D eigenvalue weighted by Crippen LogP contribution is -2.28. The van der Waals surface area contributed by atoms with Gasteiger partial charge in [-0.25, -0.2) is 9.78 Å². The van der Waals surface area contributed by atoms with Crippen molar-refractivity contribution < 1.29 is 9.53 Å². The first-order valence-corrected chi connectivity index (χ1v) is 6.73. The molecule has 1 aromatic heterocycles. The van der Waals surface area contributed by atoms with Gasteiger partial charge in [-0.1, -0.05) is 12.8 Å². The molecule has 1 fully saturated rings. The maximum atomic E-state index is 11.5. The smallest absolute Gasteiger partial charge is 0.357 e. The Labute approximate surface area is 106 Å². The van der Waals surface area contributed by atoms with Gasteiger partial charge in [-0.2, -0.15) is 0 Å². The SMILES string of the molecule is COC(=O)c1nc(N(C)C2CCCC2)sc1C. The summed E-state index contributed by atoms with van der Waals surface area (Å²) in [5.74, 6) is -0.343. The highest BCUT2D eigenvalue weighted by Gasteiger charge is 2.24. The predicted octanol–water partition coefficient (Wildman–Crippen LogP) is 2.62. The summed E-state index contributed by atoms with van der Waals surface area (Å²) < 4.78 is 4.72. The minimum atomic E-state index is -0.343. The van der Waals surface area contributed by atoms with E-state index in [0.717, 1.165) is 10.0 Å². The topological polar surface area (TPSA) is 42.4 Å². The Morgan fingerprint density at radius 3 is 2.71 bits per heavy atom. The number of anilines is 1. The van der Waals surface area contributed by atoms with Crippen LogP contribution in [-0.4, -0.2) is 31.2 Å². The zero-order valence-electron chi connectivity index (χ0n) is 10.5. The van der Waals surface area contributed by atoms with Gasteiger partial charge >= 0.3 is 5.97 Å². The van der Waals surface area contributed by atoms with Gasteiger partial charge < -0.3 is 9.64 Å². The molecule has 1 saturated carbocycles. The number of rotatable bonds is 3. The lowest BCUT2D eigenvalue weighted by atomic mass is 10.2. The van der Waals surface area contributed by atoms with Gasteiger partial charge in [-0.05, 0) is 19.8 Å². The first kappa shape index (κ1) is 12.4. The van der Waals surface area contributed by atoms with E-state index in [1.165, 1.54) is 32.8 Å². The van der Waals surface area contributed by atoms with Crippen LogP contribution in [0.15, 0.2) is 0 Å². The summed E-state index contributed by atoms with van der Waals surface area (Å²) in [6, 6.07) is 0.575. The second-order valence-corrected chi connectivity index (χ2v) is 5.62. The summed E-state index contributed by atoms with van der Waals surface area (Å²) in [5, 5.41) is 0.926. The van der Waals surface area contributed by atoms with Crippen LogP contribution < -0.4 is 4.90 Å². The molecule has 0 unspecified atom stereocenters. The molecule has 1 aliphatic carbocycles. The van der Waals surface area contributed by atoms with Crippen molar-refractivity contribution in [1.82, 2.24) is 4.98 Å². The zero-order chi connectivity index (χ0) is 12.4. The van der Waals surface area contributed by atoms with Gasteiger partial charge in [0.15, 0.2) is 10.8 Å². The summed E-state index contributed by atoms with van der Waals surface area (Å²) in [6.45, 7) is 1.91. The molecule has 2 rings (SSSR count). The number of esters is 1. The van der Waals surface area contributed by atoms with Crippen molar-refractivity contribution in [3.05, 3.63) is 10.6 Å². The largest absolute Gasteiger partial charge is 0.464 e. The molecule has 1 aromatic rings. The standard InChI is InChI=1S/C12H18N2O2S/c1-8-10(11(15)16-3)13-12(17-8)14(2)9-6-4-5-7-9/h9H,4-7H2,1-3H3. The Hall–Kier alpha value is -1.10. The van der Waals surface area contributed by atoms with Gasteiger partial charge in [-0.15, -0.1) is 11.3 Å². The number of aromatic nitrogens is 1. The Bertz CT molecular complexity index is 411. The Morgan fingerprint density at radius 1 is 1.47 bits per heavy atom. The van der Waals surface area contributed by atoms with Crippen LogP contribution in [0.5, 0.6) is 0 Å². The number of aryl methyl sites for hydroxylation is 1. The number of methoxy groups -OCH3 is 1. The molecular weight excluding hydrogens is 236 g/mol. The van der Waals surface area contributed by atoms with Crippen LogP contribution in [0, 0.1) is 6.92 Å². The average Bonchev–Trinajstić information content (AvgIpc) is 2.96. The molecule has 0 atom stereocenters. The van der Waals surface area contributed by atoms with E-state index in [1.807, 2.05) is 6.92 Å². The average molecular weight is 254 g/mol. The Kier molecular flexibility index (Phi) is 3.66. The molecule has 4 nitrogen and oxygen atoms in total. The normalized spacial score (nSPS) is 16.2. The molecule has 0 radical (unpaired) electrons. The molecular formula is C12H18N2O2S. The highest BCUT2D eigenvalue weighted by atomic mass is 32.1. The molecule has 5 heteroatoms. The summed E-state index contributed by atoms with van der Waals surface area (Å²) in [7, 11) is 3.46. The third kappa shape index (κ3) is 2.44. The lowest BCUT2D eigenvalue weighted by Gasteiger charge is -2.23. The van der Waals surface area contributed by atoms with Gasteiger partial charge in [-0.3, -0.25) is 0 Å². The maximum Gasteiger partial charge on any atom is 0.357 e. The van der Waals surface area contributed by atoms with Crippen molar-refractivity contribution in [2.24, 2.45) is 0 Å². The third-order valence-corrected chi connectivity index (χ3v) is 4.40. The predicted molar refractivity (Wildman–Crippen MR) is 68.8 cm³/mol. The number of ether oxygens (including phenoxy) is 1. The van der Waals surface area contributed by atoms with Gasteiger partial charge in [0, 0.05) is 18.0 Å². The number of nitrogens with zero attached hydrogens (tertiary/aromatic N) is 2. The van der Waals surface area contributed by atoms with Crippen LogP contribution in [0.1, 0.15) is 41.0 Å². The van der Waals surface area contributed by atoms with Gasteiger partial charge in [0.25, 0.3) is 0 Å². The van der Waals surface area contributed by atoms with E-state index < -0.39 is 0 Å². The van der Waals surface area contributed by atoms with Crippen molar-refractivity contribution in [2.75, 3.05) is 19.1 Å². The molecule has 1 heterocycles. The monoisotopic (exact) mass is 254 g/mol. The summed E-state index contributed by atoms with van der Waals surface area (Å²) in [4.78, 5) is 19.0. The van der Waals surface area contributed by atoms with E-state index in [9.17, 15) is 4.79 Å². The molecule has 94 valence electrons. The summed E-state index contributed by atoms with van der Waals surface area (Å²) >= 11 is 1.57. The second-order valence-electron chi connectivity index (χ2n) is 4.44. The Balaban J connectivity index is 2.18. The number of thiazole rings is 1. The van der Waals surface area contributed by atoms with E-state index in [-0.39, 0.29) is 5.97 Å². The second kappa shape index (κ2) is 5.04. The van der Waals surface area contributed by atoms with Gasteiger partial charge in [0.05, 0.1) is 7.11 Å². The van der Waals surface area contributed by atoms with Crippen molar-refractivity contribution in [2.45, 2.75) is 38.6 Å². The molecule has 0 N–H and O–H groups in total. The molecule has 0 saturated heterocycles. The van der Waals surface area contributed by atoms with Gasteiger partial charge in [0.1, 0.15) is 0 Å². The van der Waals surface area contributed by atoms with E-state index in [1.54, 1.807) is 11.3 Å². The van der Waals surface area contributed by atoms with Gasteiger partial charge in [0.2, 0.25) is 0 Å². The molecule has 1 aliphatic rings. The zero-order valence-corrected chi connectivity index (χ0v) is 11.3. The van der Waals surface area contributed by atoms with Crippen molar-refractivity contribution in [1.29, 1.82) is 0 Å². The molecule has 0 bridgehead atoms. The van der Waals surface area contributed by atoms with Crippen LogP contribution in [-0.2, 0) is 4.74 Å². The van der Waals surface area contributed by atoms with Crippen molar-refractivity contribution in [3.63, 3.8) is 0 Å². The lowest BCUT2D eigenvalue weighted by molar-refractivity contribution is 0.0594. The third-order valence-electron chi connectivity index (χ3n) is 3.34. The van der Waals surface area contributed by atoms with Crippen molar-refractivity contribution >= 4 is 22.4 Å². The Morgan fingerprint density at radius 2 is 2.12 bits per heavy atom. The molecule has 0 spiro atoms. The van der Waals surface area contributed by atoms with E-state index >= 15 is 0 Å². The van der Waals surface area contributed by atoms with Crippen LogP contribution in [0.2, 0.25) is 0 Å². The van der Waals surface area contributed by atoms with Crippen LogP contribution in [0.3, 0.4) is 0 Å². The fraction of sp³-hybridized carbons (Fsp3) is 0.667. The van der Waals surface area contributed by atoms with Crippen LogP contribution >= 0.6 is 11.3 Å². The first-order valence-electron chi connectivity index (χ1n) is 5.92. The molecule has 17 heavy (non-hydrogen) atoms. The quantitative estimate of drug-likeness (QED) is 0.778. The number of carbonyl (C=O) groups excluding carboxylic acids is 1. The number of hydrogen-bond donors (Lipinski definition) is 0. The minimum Gasteiger partial charge on any atom is -0.464 e. The fourth-order valence-electron chi connectivity index (χ4n) is 2.27. The van der Waals surface area contributed by atoms with E-state index in [0.29, 0.717) is 11.7 Å². The van der Waals surface area contributed by atoms with E-state index in [2.05, 4.69) is 16.9 Å². The van der Waals surface area contributed by atoms with Crippen molar-refractivity contribution in [3.8, 4) is 0 Å². The van der Waals surface area contributed by atoms with E-state index in [4.69, 9.17) is 4.74 Å². The highest BCUT2D eigenvalue weighted by Crippen LogP contribution is 2.31. The van der Waals surface area contributed by atoms with Crippen LogP contribution in [0.4, 0.5) is 5.13 Å². The number of hydrogen-bond acceptors (Lipinski definition) is 5. The molecule has 0 amide bonds.